The van der Waals surface area contributed by atoms with E-state index in [1.165, 1.54) is 7.05 Å². The van der Waals surface area contributed by atoms with Crippen molar-refractivity contribution in [2.45, 2.75) is 11.8 Å². The molecule has 0 amide bonds. The molecule has 2 N–H and O–H groups in total. The average molecular weight is 261 g/mol. The SMILES string of the molecule is CN.Cc1ccc(OCC=S(=O)=O)c(S)c1. The second kappa shape index (κ2) is 8.20. The Morgan fingerprint density at radius 3 is 2.56 bits per heavy atom. The van der Waals surface area contributed by atoms with Crippen LogP contribution in [-0.4, -0.2) is 27.4 Å². The van der Waals surface area contributed by atoms with Crippen LogP contribution in [-0.2, 0) is 10.3 Å². The van der Waals surface area contributed by atoms with Gasteiger partial charge in [-0.3, -0.25) is 0 Å². The maximum absolute atomic E-state index is 10.2. The zero-order valence-electron chi connectivity index (χ0n) is 9.17. The van der Waals surface area contributed by atoms with E-state index in [-0.39, 0.29) is 6.61 Å². The first-order chi connectivity index (χ1) is 7.59. The zero-order chi connectivity index (χ0) is 12.6. The number of benzene rings is 1. The van der Waals surface area contributed by atoms with E-state index >= 15 is 0 Å². The quantitative estimate of drug-likeness (QED) is 0.627. The fraction of sp³-hybridized carbons (Fsp3) is 0.300. The molecule has 4 nitrogen and oxygen atoms in total. The smallest absolute Gasteiger partial charge is 0.213 e. The summed E-state index contributed by atoms with van der Waals surface area (Å²) in [6.07, 6.45) is 0. The van der Waals surface area contributed by atoms with Crippen LogP contribution in [0.1, 0.15) is 5.56 Å². The van der Waals surface area contributed by atoms with E-state index in [0.717, 1.165) is 10.9 Å². The highest BCUT2D eigenvalue weighted by Crippen LogP contribution is 2.22. The number of rotatable bonds is 3. The van der Waals surface area contributed by atoms with Crippen LogP contribution in [0.2, 0.25) is 0 Å². The van der Waals surface area contributed by atoms with Gasteiger partial charge in [0.05, 0.1) is 5.37 Å². The normalized spacial score (nSPS) is 8.75. The summed E-state index contributed by atoms with van der Waals surface area (Å²) in [5, 5.41) is 1.05. The highest BCUT2D eigenvalue weighted by Gasteiger charge is 1.98. The van der Waals surface area contributed by atoms with E-state index in [4.69, 9.17) is 4.74 Å². The van der Waals surface area contributed by atoms with Crippen LogP contribution in [0.5, 0.6) is 5.75 Å². The second-order valence-electron chi connectivity index (χ2n) is 2.71. The topological polar surface area (TPSA) is 69.4 Å². The molecule has 0 radical (unpaired) electrons. The van der Waals surface area contributed by atoms with Gasteiger partial charge in [-0.05, 0) is 31.7 Å². The van der Waals surface area contributed by atoms with Gasteiger partial charge in [0.25, 0.3) is 0 Å². The lowest BCUT2D eigenvalue weighted by atomic mass is 10.2. The molecular formula is C10H15NO3S2. The minimum absolute atomic E-state index is 0.0345. The van der Waals surface area contributed by atoms with Crippen LogP contribution >= 0.6 is 12.6 Å². The van der Waals surface area contributed by atoms with Crippen LogP contribution in [0.15, 0.2) is 23.1 Å². The first-order valence-corrected chi connectivity index (χ1v) is 6.09. The van der Waals surface area contributed by atoms with Crippen LogP contribution < -0.4 is 10.5 Å². The van der Waals surface area contributed by atoms with E-state index in [9.17, 15) is 8.42 Å². The van der Waals surface area contributed by atoms with Crippen LogP contribution in [0, 0.1) is 6.92 Å². The summed E-state index contributed by atoms with van der Waals surface area (Å²) in [5.74, 6) is 0.584. The lowest BCUT2D eigenvalue weighted by molar-refractivity contribution is 0.373. The minimum Gasteiger partial charge on any atom is -0.487 e. The molecule has 0 aromatic heterocycles. The van der Waals surface area contributed by atoms with Gasteiger partial charge >= 0.3 is 0 Å². The Morgan fingerprint density at radius 1 is 1.44 bits per heavy atom. The minimum atomic E-state index is -2.18. The molecule has 0 aliphatic carbocycles. The number of ether oxygens (including phenoxy) is 1. The molecule has 16 heavy (non-hydrogen) atoms. The molecule has 0 bridgehead atoms. The molecule has 0 heterocycles. The van der Waals surface area contributed by atoms with Crippen molar-refractivity contribution in [3.63, 3.8) is 0 Å². The van der Waals surface area contributed by atoms with Gasteiger partial charge in [-0.1, -0.05) is 6.07 Å². The first kappa shape index (κ1) is 15.0. The number of hydrogen-bond donors (Lipinski definition) is 2. The Morgan fingerprint density at radius 2 is 2.06 bits per heavy atom. The van der Waals surface area contributed by atoms with E-state index in [0.29, 0.717) is 10.6 Å². The fourth-order valence-electron chi connectivity index (χ4n) is 0.929. The van der Waals surface area contributed by atoms with Gasteiger partial charge < -0.3 is 10.5 Å². The van der Waals surface area contributed by atoms with Gasteiger partial charge in [0.15, 0.2) is 0 Å². The lowest BCUT2D eigenvalue weighted by Gasteiger charge is -2.05. The predicted octanol–water partition coefficient (Wildman–Crippen LogP) is 0.919. The van der Waals surface area contributed by atoms with E-state index in [1.807, 2.05) is 19.1 Å². The summed E-state index contributed by atoms with van der Waals surface area (Å²) in [6, 6.07) is 5.50. The molecule has 0 aliphatic heterocycles. The van der Waals surface area contributed by atoms with Gasteiger partial charge in [-0.15, -0.1) is 12.6 Å². The van der Waals surface area contributed by atoms with Crippen molar-refractivity contribution in [1.29, 1.82) is 0 Å². The van der Waals surface area contributed by atoms with E-state index < -0.39 is 10.3 Å². The summed E-state index contributed by atoms with van der Waals surface area (Å²) in [5.41, 5.74) is 5.58. The van der Waals surface area contributed by atoms with Gasteiger partial charge in [-0.25, -0.2) is 0 Å². The van der Waals surface area contributed by atoms with E-state index in [1.54, 1.807) is 6.07 Å². The first-order valence-electron chi connectivity index (χ1n) is 4.51. The molecule has 1 aromatic rings. The molecule has 1 aromatic carbocycles. The Hall–Kier alpha value is -0.980. The van der Waals surface area contributed by atoms with Crippen molar-refractivity contribution in [3.05, 3.63) is 23.8 Å². The number of aryl methyl sites for hydroxylation is 1. The van der Waals surface area contributed by atoms with Gasteiger partial charge in [0.2, 0.25) is 10.3 Å². The Kier molecular flexibility index (Phi) is 7.70. The maximum Gasteiger partial charge on any atom is 0.213 e. The van der Waals surface area contributed by atoms with Crippen molar-refractivity contribution in [2.24, 2.45) is 5.73 Å². The van der Waals surface area contributed by atoms with Gasteiger partial charge in [0.1, 0.15) is 12.4 Å². The molecular weight excluding hydrogens is 246 g/mol. The number of nitrogens with two attached hydrogens (primary N) is 1. The third-order valence-corrected chi connectivity index (χ3v) is 2.32. The molecule has 0 atom stereocenters. The van der Waals surface area contributed by atoms with E-state index in [2.05, 4.69) is 18.4 Å². The molecule has 6 heteroatoms. The fourth-order valence-corrected chi connectivity index (χ4v) is 1.45. The second-order valence-corrected chi connectivity index (χ2v) is 4.05. The zero-order valence-corrected chi connectivity index (χ0v) is 10.9. The number of hydrogen-bond acceptors (Lipinski definition) is 5. The standard InChI is InChI=1S/C9H10O3S2.CH5N/c1-7-2-3-8(9(13)6-7)12-4-5-14(10)11;1-2/h2-3,5-6,13H,4H2,1H3;2H2,1H3. The summed E-state index contributed by atoms with van der Waals surface area (Å²) in [7, 11) is -0.675. The van der Waals surface area contributed by atoms with Gasteiger partial charge in [0, 0.05) is 4.90 Å². The van der Waals surface area contributed by atoms with Crippen molar-refractivity contribution in [2.75, 3.05) is 13.7 Å². The van der Waals surface area contributed by atoms with Crippen molar-refractivity contribution >= 4 is 28.3 Å². The van der Waals surface area contributed by atoms with Crippen LogP contribution in [0.4, 0.5) is 0 Å². The molecule has 0 fully saturated rings. The number of thiol groups is 1. The third-order valence-electron chi connectivity index (χ3n) is 1.56. The molecule has 0 unspecified atom stereocenters. The Labute approximate surface area is 102 Å². The maximum atomic E-state index is 10.2. The van der Waals surface area contributed by atoms with Crippen molar-refractivity contribution < 1.29 is 13.2 Å². The highest BCUT2D eigenvalue weighted by molar-refractivity contribution is 7.80. The van der Waals surface area contributed by atoms with Crippen molar-refractivity contribution in [1.82, 2.24) is 0 Å². The summed E-state index contributed by atoms with van der Waals surface area (Å²) < 4.78 is 25.5. The Balaban J connectivity index is 0.00000106. The summed E-state index contributed by atoms with van der Waals surface area (Å²) in [6.45, 7) is 1.98. The average Bonchev–Trinajstić information content (AvgIpc) is 2.24. The predicted molar refractivity (Wildman–Crippen MR) is 69.0 cm³/mol. The summed E-state index contributed by atoms with van der Waals surface area (Å²) >= 11 is 4.20. The van der Waals surface area contributed by atoms with Gasteiger partial charge in [-0.2, -0.15) is 8.42 Å². The Bertz CT molecular complexity index is 447. The third kappa shape index (κ3) is 5.79. The van der Waals surface area contributed by atoms with Crippen molar-refractivity contribution in [3.8, 4) is 5.75 Å². The molecule has 1 rings (SSSR count). The molecule has 0 spiro atoms. The molecule has 0 saturated carbocycles. The summed E-state index contributed by atoms with van der Waals surface area (Å²) in [4.78, 5) is 0.704. The largest absolute Gasteiger partial charge is 0.487 e. The van der Waals surface area contributed by atoms with Crippen LogP contribution in [0.3, 0.4) is 0 Å². The van der Waals surface area contributed by atoms with Crippen LogP contribution in [0.25, 0.3) is 0 Å². The lowest BCUT2D eigenvalue weighted by Crippen LogP contribution is -1.99. The monoisotopic (exact) mass is 261 g/mol. The molecule has 90 valence electrons. The molecule has 0 saturated heterocycles. The molecule has 0 aliphatic rings. The highest BCUT2D eigenvalue weighted by atomic mass is 32.2.